The molecule has 0 heterocycles. The number of Topliss-reactive ketones (excluding diaryl/α,β-unsaturated/α-hetero) is 1. The minimum atomic E-state index is -0.846. The molecule has 1 aromatic rings. The third-order valence-corrected chi connectivity index (χ3v) is 2.36. The maximum atomic E-state index is 11.3. The van der Waals surface area contributed by atoms with E-state index in [-0.39, 0.29) is 16.5 Å². The van der Waals surface area contributed by atoms with Gasteiger partial charge in [-0.2, -0.15) is 5.26 Å². The number of nitriles is 1. The molecule has 0 unspecified atom stereocenters. The van der Waals surface area contributed by atoms with Gasteiger partial charge >= 0.3 is 5.69 Å². The summed E-state index contributed by atoms with van der Waals surface area (Å²) in [6.45, 7) is 0. The van der Waals surface area contributed by atoms with Crippen LogP contribution in [-0.2, 0) is 0 Å². The zero-order valence-corrected chi connectivity index (χ0v) is 9.39. The second-order valence-corrected chi connectivity index (χ2v) is 3.38. The number of benzene rings is 1. The zero-order valence-electron chi connectivity index (χ0n) is 7.81. The van der Waals surface area contributed by atoms with Crippen molar-refractivity contribution in [2.45, 2.75) is 0 Å². The molecule has 16 heavy (non-hydrogen) atoms. The Bertz CT molecular complexity index is 507. The number of carbonyl (C=O) groups is 1. The highest BCUT2D eigenvalue weighted by Crippen LogP contribution is 2.31. The molecule has 0 fully saturated rings. The molecule has 6 nitrogen and oxygen atoms in total. The molecule has 82 valence electrons. The number of aromatic hydroxyl groups is 1. The van der Waals surface area contributed by atoms with Gasteiger partial charge in [0.2, 0.25) is 5.75 Å². The van der Waals surface area contributed by atoms with Gasteiger partial charge in [-0.1, -0.05) is 15.9 Å². The van der Waals surface area contributed by atoms with Crippen LogP contribution in [0.25, 0.3) is 0 Å². The second-order valence-electron chi connectivity index (χ2n) is 2.82. The standard InChI is InChI=1S/C9H5BrN2O4/c10-3-8(13)5-1-6(4-11)9(14)7(2-5)12(15)16/h1-2,14H,3H2. The van der Waals surface area contributed by atoms with Crippen molar-refractivity contribution in [3.05, 3.63) is 33.4 Å². The summed E-state index contributed by atoms with van der Waals surface area (Å²) < 4.78 is 0. The number of phenols is 1. The van der Waals surface area contributed by atoms with Crippen molar-refractivity contribution in [1.29, 1.82) is 5.26 Å². The van der Waals surface area contributed by atoms with Crippen LogP contribution in [0, 0.1) is 21.4 Å². The molecule has 0 aliphatic rings. The first-order valence-corrected chi connectivity index (χ1v) is 5.14. The first kappa shape index (κ1) is 12.1. The van der Waals surface area contributed by atoms with Crippen LogP contribution in [0.15, 0.2) is 12.1 Å². The minimum Gasteiger partial charge on any atom is -0.501 e. The van der Waals surface area contributed by atoms with Crippen molar-refractivity contribution in [2.75, 3.05) is 5.33 Å². The lowest BCUT2D eigenvalue weighted by Gasteiger charge is -2.01. The van der Waals surface area contributed by atoms with Gasteiger partial charge in [0, 0.05) is 11.6 Å². The average molecular weight is 285 g/mol. The number of nitro benzene ring substituents is 1. The molecule has 0 amide bonds. The van der Waals surface area contributed by atoms with E-state index in [9.17, 15) is 20.0 Å². The lowest BCUT2D eigenvalue weighted by Crippen LogP contribution is -2.02. The highest BCUT2D eigenvalue weighted by atomic mass is 79.9. The van der Waals surface area contributed by atoms with Gasteiger partial charge in [-0.3, -0.25) is 14.9 Å². The smallest absolute Gasteiger partial charge is 0.312 e. The molecule has 1 N–H and O–H groups in total. The third kappa shape index (κ3) is 2.17. The lowest BCUT2D eigenvalue weighted by atomic mass is 10.1. The van der Waals surface area contributed by atoms with E-state index >= 15 is 0 Å². The number of carbonyl (C=O) groups excluding carboxylic acids is 1. The van der Waals surface area contributed by atoms with E-state index in [0.29, 0.717) is 0 Å². The number of nitro groups is 1. The van der Waals surface area contributed by atoms with E-state index in [1.807, 2.05) is 0 Å². The number of ketones is 1. The number of alkyl halides is 1. The molecule has 1 aromatic carbocycles. The average Bonchev–Trinajstić information content (AvgIpc) is 2.27. The Morgan fingerprint density at radius 3 is 2.69 bits per heavy atom. The van der Waals surface area contributed by atoms with E-state index in [1.54, 1.807) is 6.07 Å². The molecule has 0 aliphatic carbocycles. The first-order chi connectivity index (χ1) is 7.51. The van der Waals surface area contributed by atoms with E-state index in [0.717, 1.165) is 12.1 Å². The van der Waals surface area contributed by atoms with Crippen molar-refractivity contribution in [3.8, 4) is 11.8 Å². The normalized spacial score (nSPS) is 9.50. The van der Waals surface area contributed by atoms with E-state index < -0.39 is 22.1 Å². The molecule has 0 aromatic heterocycles. The Balaban J connectivity index is 3.47. The zero-order chi connectivity index (χ0) is 12.3. The topological polar surface area (TPSA) is 104 Å². The molecular formula is C9H5BrN2O4. The molecule has 0 spiro atoms. The Morgan fingerprint density at radius 2 is 2.25 bits per heavy atom. The maximum Gasteiger partial charge on any atom is 0.312 e. The largest absolute Gasteiger partial charge is 0.501 e. The summed E-state index contributed by atoms with van der Waals surface area (Å²) in [4.78, 5) is 21.0. The van der Waals surface area contributed by atoms with E-state index in [1.165, 1.54) is 0 Å². The fraction of sp³-hybridized carbons (Fsp3) is 0.111. The number of hydrogen-bond donors (Lipinski definition) is 1. The van der Waals surface area contributed by atoms with Crippen LogP contribution in [-0.4, -0.2) is 21.1 Å². The maximum absolute atomic E-state index is 11.3. The summed E-state index contributed by atoms with van der Waals surface area (Å²) in [6.07, 6.45) is 0. The van der Waals surface area contributed by atoms with Crippen LogP contribution in [0.4, 0.5) is 5.69 Å². The summed E-state index contributed by atoms with van der Waals surface area (Å²) in [6, 6.07) is 3.65. The van der Waals surface area contributed by atoms with Crippen molar-refractivity contribution in [1.82, 2.24) is 0 Å². The van der Waals surface area contributed by atoms with Gasteiger partial charge in [0.05, 0.1) is 10.3 Å². The van der Waals surface area contributed by atoms with Crippen molar-refractivity contribution in [2.24, 2.45) is 0 Å². The van der Waals surface area contributed by atoms with Crippen molar-refractivity contribution < 1.29 is 14.8 Å². The molecule has 0 saturated heterocycles. The highest BCUT2D eigenvalue weighted by molar-refractivity contribution is 9.09. The molecule has 0 bridgehead atoms. The Kier molecular flexibility index (Phi) is 3.58. The van der Waals surface area contributed by atoms with Crippen molar-refractivity contribution in [3.63, 3.8) is 0 Å². The van der Waals surface area contributed by atoms with Crippen LogP contribution in [0.3, 0.4) is 0 Å². The Morgan fingerprint density at radius 1 is 1.62 bits per heavy atom. The van der Waals surface area contributed by atoms with E-state index in [2.05, 4.69) is 15.9 Å². The number of rotatable bonds is 3. The fourth-order valence-corrected chi connectivity index (χ4v) is 1.41. The van der Waals surface area contributed by atoms with Gasteiger partial charge in [0.15, 0.2) is 5.78 Å². The second kappa shape index (κ2) is 4.72. The van der Waals surface area contributed by atoms with Gasteiger partial charge in [-0.15, -0.1) is 0 Å². The van der Waals surface area contributed by atoms with Gasteiger partial charge < -0.3 is 5.11 Å². The molecule has 7 heteroatoms. The van der Waals surface area contributed by atoms with Crippen LogP contribution >= 0.6 is 15.9 Å². The van der Waals surface area contributed by atoms with Crippen LogP contribution in [0.5, 0.6) is 5.75 Å². The Labute approximate surface area is 98.4 Å². The summed E-state index contributed by atoms with van der Waals surface area (Å²) >= 11 is 2.91. The Hall–Kier alpha value is -1.94. The van der Waals surface area contributed by atoms with Crippen LogP contribution in [0.1, 0.15) is 15.9 Å². The van der Waals surface area contributed by atoms with Gasteiger partial charge in [-0.25, -0.2) is 0 Å². The number of nitrogens with zero attached hydrogens (tertiary/aromatic N) is 2. The van der Waals surface area contributed by atoms with E-state index in [4.69, 9.17) is 5.26 Å². The van der Waals surface area contributed by atoms with Gasteiger partial charge in [-0.05, 0) is 6.07 Å². The SMILES string of the molecule is N#Cc1cc(C(=O)CBr)cc([N+](=O)[O-])c1O. The molecule has 1 rings (SSSR count). The molecule has 0 atom stereocenters. The number of halogens is 1. The fourth-order valence-electron chi connectivity index (χ4n) is 1.08. The quantitative estimate of drug-likeness (QED) is 0.394. The summed E-state index contributed by atoms with van der Waals surface area (Å²) in [5.41, 5.74) is -0.931. The van der Waals surface area contributed by atoms with Gasteiger partial charge in [0.25, 0.3) is 0 Å². The summed E-state index contributed by atoms with van der Waals surface area (Å²) in [5.74, 6) is -1.13. The number of phenolic OH excluding ortho intramolecular Hbond substituents is 1. The van der Waals surface area contributed by atoms with Crippen LogP contribution < -0.4 is 0 Å². The molecule has 0 aliphatic heterocycles. The monoisotopic (exact) mass is 284 g/mol. The molecule has 0 radical (unpaired) electrons. The lowest BCUT2D eigenvalue weighted by molar-refractivity contribution is -0.385. The summed E-state index contributed by atoms with van der Waals surface area (Å²) in [5, 5.41) is 28.6. The predicted molar refractivity (Wildman–Crippen MR) is 57.6 cm³/mol. The van der Waals surface area contributed by atoms with Crippen LogP contribution in [0.2, 0.25) is 0 Å². The predicted octanol–water partition coefficient (Wildman–Crippen LogP) is 1.75. The number of hydrogen-bond acceptors (Lipinski definition) is 5. The minimum absolute atomic E-state index is 0.0120. The third-order valence-electron chi connectivity index (χ3n) is 1.85. The highest BCUT2D eigenvalue weighted by Gasteiger charge is 2.21. The van der Waals surface area contributed by atoms with Crippen molar-refractivity contribution >= 4 is 27.4 Å². The first-order valence-electron chi connectivity index (χ1n) is 4.02. The molecular weight excluding hydrogens is 280 g/mol. The molecule has 0 saturated carbocycles. The summed E-state index contributed by atoms with van der Waals surface area (Å²) in [7, 11) is 0. The van der Waals surface area contributed by atoms with Gasteiger partial charge in [0.1, 0.15) is 11.6 Å².